The van der Waals surface area contributed by atoms with Gasteiger partial charge in [-0.2, -0.15) is 0 Å². The minimum atomic E-state index is -0.727. The molecule has 1 saturated heterocycles. The van der Waals surface area contributed by atoms with E-state index in [9.17, 15) is 9.90 Å². The summed E-state index contributed by atoms with van der Waals surface area (Å²) in [4.78, 5) is 15.8. The monoisotopic (exact) mass is 249 g/mol. The lowest BCUT2D eigenvalue weighted by Crippen LogP contribution is -2.30. The van der Waals surface area contributed by atoms with Crippen molar-refractivity contribution in [2.45, 2.75) is 50.6 Å². The lowest BCUT2D eigenvalue weighted by atomic mass is 10.0. The number of carboxylic acid groups (broad SMARTS) is 1. The minimum absolute atomic E-state index is 0.410. The van der Waals surface area contributed by atoms with Crippen molar-refractivity contribution < 1.29 is 9.90 Å². The maximum Gasteiger partial charge on any atom is 0.326 e. The highest BCUT2D eigenvalue weighted by molar-refractivity contribution is 5.72. The molecule has 0 amide bonds. The number of aromatic nitrogens is 2. The smallest absolute Gasteiger partial charge is 0.326 e. The molecule has 2 aliphatic heterocycles. The van der Waals surface area contributed by atoms with E-state index in [1.165, 1.54) is 12.8 Å². The van der Waals surface area contributed by atoms with Crippen LogP contribution >= 0.6 is 0 Å². The summed E-state index contributed by atoms with van der Waals surface area (Å²) in [5, 5.41) is 12.8. The second kappa shape index (κ2) is 4.72. The van der Waals surface area contributed by atoms with Crippen LogP contribution in [0, 0.1) is 0 Å². The van der Waals surface area contributed by atoms with Gasteiger partial charge in [0.1, 0.15) is 11.9 Å². The molecule has 1 fully saturated rings. The molecule has 1 aromatic rings. The number of aliphatic carboxylic acids is 1. The SMILES string of the molecule is O=C(O)C1CCCc2cnc(CC3CCCN3)n21. The van der Waals surface area contributed by atoms with Crippen molar-refractivity contribution in [3.05, 3.63) is 17.7 Å². The number of imidazole rings is 1. The van der Waals surface area contributed by atoms with E-state index in [1.54, 1.807) is 0 Å². The van der Waals surface area contributed by atoms with Gasteiger partial charge in [-0.15, -0.1) is 0 Å². The van der Waals surface area contributed by atoms with Crippen LogP contribution < -0.4 is 5.32 Å². The van der Waals surface area contributed by atoms with Crippen LogP contribution in [-0.2, 0) is 17.6 Å². The first-order valence-electron chi connectivity index (χ1n) is 6.77. The highest BCUT2D eigenvalue weighted by Gasteiger charge is 2.29. The summed E-state index contributed by atoms with van der Waals surface area (Å²) < 4.78 is 1.96. The number of rotatable bonds is 3. The molecule has 18 heavy (non-hydrogen) atoms. The summed E-state index contributed by atoms with van der Waals surface area (Å²) >= 11 is 0. The third-order valence-electron chi connectivity index (χ3n) is 4.05. The van der Waals surface area contributed by atoms with Crippen molar-refractivity contribution in [3.63, 3.8) is 0 Å². The van der Waals surface area contributed by atoms with Crippen molar-refractivity contribution in [1.29, 1.82) is 0 Å². The first-order valence-corrected chi connectivity index (χ1v) is 6.77. The predicted octanol–water partition coefficient (Wildman–Crippen LogP) is 1.14. The molecule has 3 rings (SSSR count). The number of hydrogen-bond donors (Lipinski definition) is 2. The third kappa shape index (κ3) is 2.03. The maximum absolute atomic E-state index is 11.3. The van der Waals surface area contributed by atoms with E-state index in [1.807, 2.05) is 10.8 Å². The second-order valence-corrected chi connectivity index (χ2v) is 5.28. The fourth-order valence-corrected chi connectivity index (χ4v) is 3.15. The van der Waals surface area contributed by atoms with E-state index in [0.29, 0.717) is 6.04 Å². The van der Waals surface area contributed by atoms with E-state index in [4.69, 9.17) is 0 Å². The molecule has 0 radical (unpaired) electrons. The Hall–Kier alpha value is -1.36. The molecule has 0 aliphatic carbocycles. The zero-order chi connectivity index (χ0) is 12.5. The molecule has 0 aromatic carbocycles. The molecule has 5 nitrogen and oxygen atoms in total. The molecule has 3 heterocycles. The van der Waals surface area contributed by atoms with E-state index in [2.05, 4.69) is 10.3 Å². The zero-order valence-corrected chi connectivity index (χ0v) is 10.4. The van der Waals surface area contributed by atoms with Gasteiger partial charge in [0, 0.05) is 24.4 Å². The minimum Gasteiger partial charge on any atom is -0.480 e. The lowest BCUT2D eigenvalue weighted by molar-refractivity contribution is -0.141. The van der Waals surface area contributed by atoms with Gasteiger partial charge in [0.15, 0.2) is 0 Å². The van der Waals surface area contributed by atoms with Crippen LogP contribution in [0.5, 0.6) is 0 Å². The third-order valence-corrected chi connectivity index (χ3v) is 4.05. The van der Waals surface area contributed by atoms with Gasteiger partial charge in [-0.05, 0) is 38.6 Å². The Balaban J connectivity index is 1.86. The summed E-state index contributed by atoms with van der Waals surface area (Å²) in [6.45, 7) is 1.07. The predicted molar refractivity (Wildman–Crippen MR) is 66.6 cm³/mol. The Labute approximate surface area is 106 Å². The van der Waals surface area contributed by atoms with E-state index >= 15 is 0 Å². The van der Waals surface area contributed by atoms with Crippen LogP contribution in [0.1, 0.15) is 43.2 Å². The summed E-state index contributed by atoms with van der Waals surface area (Å²) in [6.07, 6.45) is 7.71. The fourth-order valence-electron chi connectivity index (χ4n) is 3.15. The first-order chi connectivity index (χ1) is 8.75. The number of nitrogens with one attached hydrogen (secondary N) is 1. The fraction of sp³-hybridized carbons (Fsp3) is 0.692. The summed E-state index contributed by atoms with van der Waals surface area (Å²) in [7, 11) is 0. The molecule has 2 aliphatic rings. The second-order valence-electron chi connectivity index (χ2n) is 5.28. The highest BCUT2D eigenvalue weighted by Crippen LogP contribution is 2.27. The Morgan fingerprint density at radius 1 is 1.50 bits per heavy atom. The average molecular weight is 249 g/mol. The van der Waals surface area contributed by atoms with Gasteiger partial charge >= 0.3 is 5.97 Å². The largest absolute Gasteiger partial charge is 0.480 e. The van der Waals surface area contributed by atoms with Gasteiger partial charge < -0.3 is 15.0 Å². The molecule has 1 aromatic heterocycles. The van der Waals surface area contributed by atoms with Crippen molar-refractivity contribution in [2.24, 2.45) is 0 Å². The lowest BCUT2D eigenvalue weighted by Gasteiger charge is -2.24. The molecule has 0 bridgehead atoms. The number of hydrogen-bond acceptors (Lipinski definition) is 3. The quantitative estimate of drug-likeness (QED) is 0.843. The van der Waals surface area contributed by atoms with Crippen molar-refractivity contribution in [2.75, 3.05) is 6.54 Å². The Kier molecular flexibility index (Phi) is 3.07. The highest BCUT2D eigenvalue weighted by atomic mass is 16.4. The molecule has 5 heteroatoms. The van der Waals surface area contributed by atoms with Gasteiger partial charge in [-0.1, -0.05) is 0 Å². The molecule has 98 valence electrons. The molecule has 2 N–H and O–H groups in total. The van der Waals surface area contributed by atoms with Gasteiger partial charge in [0.05, 0.1) is 0 Å². The summed E-state index contributed by atoms with van der Waals surface area (Å²) in [6, 6.07) is 0.0560. The molecular formula is C13H19N3O2. The van der Waals surface area contributed by atoms with Gasteiger partial charge in [0.25, 0.3) is 0 Å². The van der Waals surface area contributed by atoms with Crippen LogP contribution in [0.2, 0.25) is 0 Å². The first kappa shape index (κ1) is 11.7. The number of aryl methyl sites for hydroxylation is 1. The van der Waals surface area contributed by atoms with E-state index in [0.717, 1.165) is 43.7 Å². The van der Waals surface area contributed by atoms with Crippen LogP contribution in [0.15, 0.2) is 6.20 Å². The van der Waals surface area contributed by atoms with Crippen LogP contribution in [-0.4, -0.2) is 33.2 Å². The Bertz CT molecular complexity index is 449. The Morgan fingerprint density at radius 3 is 3.11 bits per heavy atom. The zero-order valence-electron chi connectivity index (χ0n) is 10.4. The van der Waals surface area contributed by atoms with Gasteiger partial charge in [-0.25, -0.2) is 9.78 Å². The molecule has 0 spiro atoms. The number of carboxylic acids is 1. The normalized spacial score (nSPS) is 27.1. The molecule has 2 atom stereocenters. The molecule has 2 unspecified atom stereocenters. The summed E-state index contributed by atoms with van der Waals surface area (Å²) in [5.41, 5.74) is 1.08. The molecule has 0 saturated carbocycles. The standard InChI is InChI=1S/C13H19N3O2/c17-13(18)11-5-1-4-10-8-15-12(16(10)11)7-9-3-2-6-14-9/h8-9,11,14H,1-7H2,(H,17,18). The Morgan fingerprint density at radius 2 is 2.39 bits per heavy atom. The van der Waals surface area contributed by atoms with Gasteiger partial charge in [-0.3, -0.25) is 0 Å². The van der Waals surface area contributed by atoms with Crippen molar-refractivity contribution in [1.82, 2.24) is 14.9 Å². The number of fused-ring (bicyclic) bond motifs is 1. The van der Waals surface area contributed by atoms with Crippen molar-refractivity contribution in [3.8, 4) is 0 Å². The summed E-state index contributed by atoms with van der Waals surface area (Å²) in [5.74, 6) is 0.214. The van der Waals surface area contributed by atoms with Crippen LogP contribution in [0.4, 0.5) is 0 Å². The maximum atomic E-state index is 11.3. The molecular weight excluding hydrogens is 230 g/mol. The van der Waals surface area contributed by atoms with E-state index < -0.39 is 12.0 Å². The topological polar surface area (TPSA) is 67.2 Å². The van der Waals surface area contributed by atoms with Crippen molar-refractivity contribution >= 4 is 5.97 Å². The van der Waals surface area contributed by atoms with Gasteiger partial charge in [0.2, 0.25) is 0 Å². The van der Waals surface area contributed by atoms with Crippen LogP contribution in [0.3, 0.4) is 0 Å². The number of nitrogens with zero attached hydrogens (tertiary/aromatic N) is 2. The average Bonchev–Trinajstić information content (AvgIpc) is 2.99. The number of carbonyl (C=O) groups is 1. The van der Waals surface area contributed by atoms with Crippen LogP contribution in [0.25, 0.3) is 0 Å². The van der Waals surface area contributed by atoms with E-state index in [-0.39, 0.29) is 0 Å².